The Morgan fingerprint density at radius 1 is 1.18 bits per heavy atom. The van der Waals surface area contributed by atoms with Gasteiger partial charge in [0.15, 0.2) is 11.3 Å². The molecule has 7 heteroatoms. The highest BCUT2D eigenvalue weighted by molar-refractivity contribution is 7.18. The van der Waals surface area contributed by atoms with E-state index < -0.39 is 5.41 Å². The summed E-state index contributed by atoms with van der Waals surface area (Å²) in [6.07, 6.45) is 7.47. The zero-order chi connectivity index (χ0) is 20.0. The Morgan fingerprint density at radius 2 is 2.00 bits per heavy atom. The van der Waals surface area contributed by atoms with Gasteiger partial charge in [-0.3, -0.25) is 4.98 Å². The van der Waals surface area contributed by atoms with E-state index in [4.69, 9.17) is 14.2 Å². The van der Waals surface area contributed by atoms with Crippen LogP contribution in [0.2, 0.25) is 0 Å². The number of allylic oxidation sites excluding steroid dienone is 2. The minimum absolute atomic E-state index is 0.102. The van der Waals surface area contributed by atoms with Gasteiger partial charge in [-0.1, -0.05) is 33.5 Å². The maximum Gasteiger partial charge on any atom is 0.199 e. The predicted molar refractivity (Wildman–Crippen MR) is 111 cm³/mol. The van der Waals surface area contributed by atoms with Gasteiger partial charge in [0.1, 0.15) is 11.5 Å². The first-order valence-corrected chi connectivity index (χ1v) is 9.28. The monoisotopic (exact) mass is 400 g/mol. The minimum Gasteiger partial charge on any atom is -0.496 e. The number of alkyl halides is 1. The van der Waals surface area contributed by atoms with Crippen LogP contribution >= 0.6 is 9.24 Å². The summed E-state index contributed by atoms with van der Waals surface area (Å²) in [4.78, 5) is 8.50. The molecule has 146 valence electrons. The SMILES string of the molecule is COCC(F)(P)c1ccc(OC2=NC=CC=C(c3ccccc3OC)C2)cn1. The lowest BCUT2D eigenvalue weighted by atomic mass is 10.0. The molecule has 0 saturated carbocycles. The third-order valence-corrected chi connectivity index (χ3v) is 4.61. The van der Waals surface area contributed by atoms with Crippen LogP contribution in [0.15, 0.2) is 65.9 Å². The molecule has 0 aliphatic carbocycles. The first-order chi connectivity index (χ1) is 13.5. The standard InChI is InChI=1S/C21H22FN2O3P/c1-25-14-21(22,28)19-10-9-16(13-24-19)27-20-12-15(6-5-11-23-20)17-7-3-4-8-18(17)26-2/h3-11,13H,12,14,28H2,1-2H3. The molecule has 2 unspecified atom stereocenters. The van der Waals surface area contributed by atoms with Crippen LogP contribution in [-0.2, 0) is 10.1 Å². The number of halogens is 1. The van der Waals surface area contributed by atoms with E-state index in [9.17, 15) is 4.39 Å². The lowest BCUT2D eigenvalue weighted by Crippen LogP contribution is -2.19. The van der Waals surface area contributed by atoms with Crippen LogP contribution < -0.4 is 9.47 Å². The van der Waals surface area contributed by atoms with Gasteiger partial charge >= 0.3 is 0 Å². The molecule has 3 rings (SSSR count). The molecule has 1 aromatic heterocycles. The van der Waals surface area contributed by atoms with Crippen LogP contribution in [-0.4, -0.2) is 31.7 Å². The van der Waals surface area contributed by atoms with Gasteiger partial charge in [-0.15, -0.1) is 0 Å². The number of aromatic nitrogens is 1. The Kier molecular flexibility index (Phi) is 6.55. The molecule has 0 radical (unpaired) electrons. The average molecular weight is 400 g/mol. The van der Waals surface area contributed by atoms with E-state index in [1.54, 1.807) is 25.4 Å². The van der Waals surface area contributed by atoms with Crippen LogP contribution in [0.25, 0.3) is 5.57 Å². The van der Waals surface area contributed by atoms with Crippen molar-refractivity contribution in [3.05, 3.63) is 72.2 Å². The van der Waals surface area contributed by atoms with Crippen molar-refractivity contribution >= 4 is 20.7 Å². The van der Waals surface area contributed by atoms with Gasteiger partial charge in [0.25, 0.3) is 0 Å². The number of pyridine rings is 1. The maximum atomic E-state index is 14.5. The summed E-state index contributed by atoms with van der Waals surface area (Å²) in [7, 11) is 5.21. The smallest absolute Gasteiger partial charge is 0.199 e. The van der Waals surface area contributed by atoms with E-state index in [1.165, 1.54) is 13.3 Å². The van der Waals surface area contributed by atoms with E-state index in [2.05, 4.69) is 19.2 Å². The number of hydrogen-bond donors (Lipinski definition) is 0. The number of nitrogens with zero attached hydrogens (tertiary/aromatic N) is 2. The molecule has 2 heterocycles. The quantitative estimate of drug-likeness (QED) is 0.670. The lowest BCUT2D eigenvalue weighted by molar-refractivity contribution is 0.0994. The van der Waals surface area contributed by atoms with E-state index in [0.29, 0.717) is 18.1 Å². The summed E-state index contributed by atoms with van der Waals surface area (Å²) in [6.45, 7) is -0.102. The molecular formula is C21H22FN2O3P. The van der Waals surface area contributed by atoms with Crippen molar-refractivity contribution in [3.63, 3.8) is 0 Å². The van der Waals surface area contributed by atoms with Crippen molar-refractivity contribution in [2.75, 3.05) is 20.8 Å². The maximum absolute atomic E-state index is 14.5. The highest BCUT2D eigenvalue weighted by Crippen LogP contribution is 2.33. The number of rotatable bonds is 6. The number of hydrogen-bond acceptors (Lipinski definition) is 5. The second kappa shape index (κ2) is 9.09. The molecule has 5 nitrogen and oxygen atoms in total. The van der Waals surface area contributed by atoms with Gasteiger partial charge in [-0.05, 0) is 29.8 Å². The molecule has 1 aliphatic rings. The Labute approximate surface area is 166 Å². The molecule has 0 amide bonds. The number of benzene rings is 1. The second-order valence-electron chi connectivity index (χ2n) is 6.21. The third kappa shape index (κ3) is 4.83. The van der Waals surface area contributed by atoms with Crippen molar-refractivity contribution in [2.24, 2.45) is 4.99 Å². The van der Waals surface area contributed by atoms with Crippen LogP contribution in [0, 0.1) is 0 Å². The van der Waals surface area contributed by atoms with E-state index >= 15 is 0 Å². The molecule has 1 aliphatic heterocycles. The van der Waals surface area contributed by atoms with Gasteiger partial charge in [0, 0.05) is 18.9 Å². The van der Waals surface area contributed by atoms with Crippen molar-refractivity contribution in [2.45, 2.75) is 11.8 Å². The summed E-state index contributed by atoms with van der Waals surface area (Å²) in [5, 5.41) is -1.74. The lowest BCUT2D eigenvalue weighted by Gasteiger charge is -2.18. The summed E-state index contributed by atoms with van der Waals surface area (Å²) in [5.74, 6) is 1.78. The summed E-state index contributed by atoms with van der Waals surface area (Å²) in [6, 6.07) is 11.0. The zero-order valence-corrected chi connectivity index (χ0v) is 16.9. The topological polar surface area (TPSA) is 52.9 Å². The second-order valence-corrected chi connectivity index (χ2v) is 7.13. The van der Waals surface area contributed by atoms with Crippen LogP contribution in [0.3, 0.4) is 0 Å². The van der Waals surface area contributed by atoms with E-state index in [0.717, 1.165) is 16.9 Å². The highest BCUT2D eigenvalue weighted by Gasteiger charge is 2.27. The fraction of sp³-hybridized carbons (Fsp3) is 0.238. The molecule has 1 aromatic carbocycles. The van der Waals surface area contributed by atoms with Gasteiger partial charge in [0.05, 0.1) is 32.0 Å². The van der Waals surface area contributed by atoms with Crippen molar-refractivity contribution in [1.82, 2.24) is 4.98 Å². The molecular weight excluding hydrogens is 378 g/mol. The molecule has 0 saturated heterocycles. The van der Waals surface area contributed by atoms with Crippen molar-refractivity contribution in [1.29, 1.82) is 0 Å². The Hall–Kier alpha value is -2.56. The van der Waals surface area contributed by atoms with Crippen LogP contribution in [0.5, 0.6) is 11.5 Å². The highest BCUT2D eigenvalue weighted by atomic mass is 31.0. The van der Waals surface area contributed by atoms with Gasteiger partial charge in [-0.2, -0.15) is 0 Å². The van der Waals surface area contributed by atoms with Gasteiger partial charge in [-0.25, -0.2) is 9.38 Å². The molecule has 2 aromatic rings. The number of aliphatic imine (C=N–C) groups is 1. The third-order valence-electron chi connectivity index (χ3n) is 4.15. The summed E-state index contributed by atoms with van der Waals surface area (Å²) >= 11 is 0. The van der Waals surface area contributed by atoms with E-state index in [1.807, 2.05) is 36.4 Å². The Bertz CT molecular complexity index is 908. The fourth-order valence-electron chi connectivity index (χ4n) is 2.82. The predicted octanol–water partition coefficient (Wildman–Crippen LogP) is 4.51. The molecule has 28 heavy (non-hydrogen) atoms. The van der Waals surface area contributed by atoms with Gasteiger partial charge < -0.3 is 14.2 Å². The fourth-order valence-corrected chi connectivity index (χ4v) is 3.15. The number of methoxy groups -OCH3 is 2. The minimum atomic E-state index is -1.74. The summed E-state index contributed by atoms with van der Waals surface area (Å²) in [5.41, 5.74) is 2.25. The Morgan fingerprint density at radius 3 is 2.71 bits per heavy atom. The van der Waals surface area contributed by atoms with Crippen molar-refractivity contribution < 1.29 is 18.6 Å². The summed E-state index contributed by atoms with van der Waals surface area (Å²) < 4.78 is 30.7. The van der Waals surface area contributed by atoms with Gasteiger partial charge in [0.2, 0.25) is 0 Å². The molecule has 0 bridgehead atoms. The van der Waals surface area contributed by atoms with E-state index in [-0.39, 0.29) is 12.3 Å². The molecule has 0 fully saturated rings. The van der Waals surface area contributed by atoms with Crippen LogP contribution in [0.1, 0.15) is 17.7 Å². The number of para-hydroxylation sites is 1. The Balaban J connectivity index is 1.75. The normalized spacial score (nSPS) is 15.9. The zero-order valence-electron chi connectivity index (χ0n) is 15.8. The molecule has 0 spiro atoms. The average Bonchev–Trinajstić information content (AvgIpc) is 2.94. The number of ether oxygens (including phenoxy) is 3. The largest absolute Gasteiger partial charge is 0.496 e. The molecule has 2 atom stereocenters. The molecule has 0 N–H and O–H groups in total. The first-order valence-electron chi connectivity index (χ1n) is 8.70. The van der Waals surface area contributed by atoms with Crippen LogP contribution in [0.4, 0.5) is 4.39 Å². The van der Waals surface area contributed by atoms with Crippen molar-refractivity contribution in [3.8, 4) is 11.5 Å². The first kappa shape index (κ1) is 20.2.